The molecule has 272 valence electrons. The van der Waals surface area contributed by atoms with Crippen molar-refractivity contribution in [2.75, 3.05) is 6.54 Å². The molecule has 0 amide bonds. The van der Waals surface area contributed by atoms with E-state index < -0.39 is 17.4 Å². The van der Waals surface area contributed by atoms with Gasteiger partial charge in [0.1, 0.15) is 11.9 Å². The molecule has 0 saturated heterocycles. The number of carboxylic acid groups (broad SMARTS) is 1. The third-order valence-corrected chi connectivity index (χ3v) is 15.7. The molecule has 6 rings (SSSR count). The van der Waals surface area contributed by atoms with Crippen LogP contribution in [0.15, 0.2) is 34.0 Å². The minimum atomic E-state index is -1.14. The summed E-state index contributed by atoms with van der Waals surface area (Å²) in [5, 5.41) is 13.0. The fourth-order valence-corrected chi connectivity index (χ4v) is 12.8. The standard InChI is InChI=1S/C42H63NO6/c1-26(2)28-14-19-42(32(44)25-43-24-27-11-10-22-48-27)21-20-40(8)29(35(28)42)12-13-31-39(7)17-16-33(49-34(45)23-37(3,4)36(46)47)38(5,6)30(39)15-18-41(31,40)9/h10-11,22,26,29-31,33,43H,12-21,23-25H2,1-9H3,(H,46,47)/t29-,30+,31-,33+,39+,40-,41-,42-/m1/s1. The number of Topliss-reactive ketones (excluding diaryl/α,β-unsaturated/α-hetero) is 1. The van der Waals surface area contributed by atoms with Crippen LogP contribution in [0.5, 0.6) is 0 Å². The molecule has 5 aliphatic rings. The fourth-order valence-electron chi connectivity index (χ4n) is 12.8. The lowest BCUT2D eigenvalue weighted by molar-refractivity contribution is -0.233. The Morgan fingerprint density at radius 3 is 2.35 bits per heavy atom. The van der Waals surface area contributed by atoms with E-state index in [2.05, 4.69) is 53.8 Å². The third kappa shape index (κ3) is 5.58. The summed E-state index contributed by atoms with van der Waals surface area (Å²) in [5.74, 6) is 1.71. The Balaban J connectivity index is 1.25. The summed E-state index contributed by atoms with van der Waals surface area (Å²) in [5.41, 5.74) is 1.79. The molecule has 0 unspecified atom stereocenters. The summed E-state index contributed by atoms with van der Waals surface area (Å²) in [6, 6.07) is 3.85. The number of furan rings is 1. The van der Waals surface area contributed by atoms with E-state index in [-0.39, 0.29) is 39.6 Å². The van der Waals surface area contributed by atoms with Gasteiger partial charge >= 0.3 is 11.9 Å². The third-order valence-electron chi connectivity index (χ3n) is 15.7. The summed E-state index contributed by atoms with van der Waals surface area (Å²) in [4.78, 5) is 39.1. The molecular weight excluding hydrogens is 614 g/mol. The van der Waals surface area contributed by atoms with Crippen molar-refractivity contribution >= 4 is 17.7 Å². The zero-order valence-electron chi connectivity index (χ0n) is 31.8. The van der Waals surface area contributed by atoms with Crippen LogP contribution in [0.25, 0.3) is 0 Å². The number of ketones is 1. The maximum atomic E-state index is 14.4. The zero-order valence-corrected chi connectivity index (χ0v) is 31.8. The lowest BCUT2D eigenvalue weighted by atomic mass is 9.33. The second-order valence-corrected chi connectivity index (χ2v) is 19.1. The van der Waals surface area contributed by atoms with Gasteiger partial charge in [-0.15, -0.1) is 0 Å². The van der Waals surface area contributed by atoms with Crippen LogP contribution in [0.2, 0.25) is 0 Å². The van der Waals surface area contributed by atoms with Crippen molar-refractivity contribution in [3.05, 3.63) is 35.3 Å². The first-order valence-corrected chi connectivity index (χ1v) is 19.3. The topological polar surface area (TPSA) is 106 Å². The van der Waals surface area contributed by atoms with E-state index >= 15 is 0 Å². The molecule has 0 radical (unpaired) electrons. The lowest BCUT2D eigenvalue weighted by Crippen LogP contribution is -2.66. The highest BCUT2D eigenvalue weighted by Gasteiger charge is 2.70. The summed E-state index contributed by atoms with van der Waals surface area (Å²) in [7, 11) is 0. The van der Waals surface area contributed by atoms with Crippen LogP contribution >= 0.6 is 0 Å². The Morgan fingerprint density at radius 1 is 0.959 bits per heavy atom. The van der Waals surface area contributed by atoms with Crippen molar-refractivity contribution in [3.63, 3.8) is 0 Å². The predicted molar refractivity (Wildman–Crippen MR) is 190 cm³/mol. The van der Waals surface area contributed by atoms with Gasteiger partial charge in [0.25, 0.3) is 0 Å². The molecule has 0 aromatic carbocycles. The molecule has 7 nitrogen and oxygen atoms in total. The van der Waals surface area contributed by atoms with Crippen molar-refractivity contribution in [1.82, 2.24) is 5.32 Å². The minimum absolute atomic E-state index is 0.116. The second-order valence-electron chi connectivity index (χ2n) is 19.1. The summed E-state index contributed by atoms with van der Waals surface area (Å²) in [6.45, 7) is 21.2. The van der Waals surface area contributed by atoms with Gasteiger partial charge in [-0.2, -0.15) is 0 Å². The smallest absolute Gasteiger partial charge is 0.309 e. The number of esters is 1. The zero-order chi connectivity index (χ0) is 35.8. The average Bonchev–Trinajstić information content (AvgIpc) is 3.67. The number of carboxylic acids is 1. The molecule has 0 spiro atoms. The van der Waals surface area contributed by atoms with Crippen LogP contribution in [0.1, 0.15) is 139 Å². The van der Waals surface area contributed by atoms with Gasteiger partial charge in [-0.1, -0.05) is 59.6 Å². The number of carbonyl (C=O) groups is 3. The molecular formula is C42H63NO6. The number of fused-ring (bicyclic) bond motifs is 7. The van der Waals surface area contributed by atoms with Crippen molar-refractivity contribution in [1.29, 1.82) is 0 Å². The van der Waals surface area contributed by atoms with Crippen LogP contribution in [0.4, 0.5) is 0 Å². The monoisotopic (exact) mass is 677 g/mol. The normalized spacial score (nSPS) is 38.3. The molecule has 4 fully saturated rings. The summed E-state index contributed by atoms with van der Waals surface area (Å²) in [6.07, 6.45) is 11.8. The first-order chi connectivity index (χ1) is 22.8. The highest BCUT2D eigenvalue weighted by atomic mass is 16.5. The minimum Gasteiger partial charge on any atom is -0.481 e. The molecule has 2 N–H and O–H groups in total. The van der Waals surface area contributed by atoms with E-state index in [9.17, 15) is 19.5 Å². The van der Waals surface area contributed by atoms with Crippen LogP contribution in [0, 0.1) is 56.2 Å². The van der Waals surface area contributed by atoms with Gasteiger partial charge in [-0.05, 0) is 130 Å². The Hall–Kier alpha value is -2.41. The molecule has 0 bridgehead atoms. The van der Waals surface area contributed by atoms with Crippen molar-refractivity contribution < 1.29 is 28.6 Å². The predicted octanol–water partition coefficient (Wildman–Crippen LogP) is 9.15. The molecule has 0 aliphatic heterocycles. The van der Waals surface area contributed by atoms with Crippen LogP contribution in [0.3, 0.4) is 0 Å². The number of hydrogen-bond donors (Lipinski definition) is 2. The molecule has 7 heteroatoms. The Kier molecular flexibility index (Phi) is 9.19. The first-order valence-electron chi connectivity index (χ1n) is 19.3. The van der Waals surface area contributed by atoms with Gasteiger partial charge in [-0.3, -0.25) is 14.4 Å². The molecule has 1 aromatic rings. The maximum Gasteiger partial charge on any atom is 0.309 e. The second kappa shape index (κ2) is 12.4. The summed E-state index contributed by atoms with van der Waals surface area (Å²) >= 11 is 0. The van der Waals surface area contributed by atoms with Crippen LogP contribution in [-0.4, -0.2) is 35.5 Å². The summed E-state index contributed by atoms with van der Waals surface area (Å²) < 4.78 is 11.7. The van der Waals surface area contributed by atoms with Crippen LogP contribution in [-0.2, 0) is 25.7 Å². The van der Waals surface area contributed by atoms with Crippen molar-refractivity contribution in [2.45, 2.75) is 146 Å². The largest absolute Gasteiger partial charge is 0.481 e. The van der Waals surface area contributed by atoms with E-state index in [1.165, 1.54) is 12.0 Å². The molecule has 1 aromatic heterocycles. The Bertz CT molecular complexity index is 1490. The fraction of sp³-hybridized carbons (Fsp3) is 0.786. The van der Waals surface area contributed by atoms with E-state index in [4.69, 9.17) is 9.15 Å². The van der Waals surface area contributed by atoms with E-state index in [1.807, 2.05) is 12.1 Å². The molecule has 5 aliphatic carbocycles. The van der Waals surface area contributed by atoms with Gasteiger partial charge in [-0.25, -0.2) is 0 Å². The van der Waals surface area contributed by atoms with Crippen molar-refractivity contribution in [2.24, 2.45) is 56.2 Å². The van der Waals surface area contributed by atoms with E-state index in [0.717, 1.165) is 63.5 Å². The number of ether oxygens (including phenoxy) is 1. The number of allylic oxidation sites excluding steroid dienone is 2. The number of hydrogen-bond acceptors (Lipinski definition) is 6. The van der Waals surface area contributed by atoms with Crippen LogP contribution < -0.4 is 5.32 Å². The van der Waals surface area contributed by atoms with Gasteiger partial charge in [0.2, 0.25) is 0 Å². The number of aliphatic carboxylic acids is 1. The first kappa shape index (κ1) is 36.4. The lowest BCUT2D eigenvalue weighted by Gasteiger charge is -2.72. The van der Waals surface area contributed by atoms with Crippen molar-refractivity contribution in [3.8, 4) is 0 Å². The quantitative estimate of drug-likeness (QED) is 0.188. The maximum absolute atomic E-state index is 14.4. The SMILES string of the molecule is CC(C)C1=C2[C@H]3CC[C@@H]4[C@@]5(C)CC[C@H](OC(=O)CC(C)(C)C(=O)O)C(C)(C)[C@@H]5CC[C@@]4(C)[C@]3(C)CC[C@@]2(C(=O)CNCc2ccco2)CC1. The Labute approximate surface area is 294 Å². The highest BCUT2D eigenvalue weighted by Crippen LogP contribution is 2.77. The van der Waals surface area contributed by atoms with Gasteiger partial charge in [0, 0.05) is 5.41 Å². The number of rotatable bonds is 10. The molecule has 4 saturated carbocycles. The molecule has 8 atom stereocenters. The highest BCUT2D eigenvalue weighted by molar-refractivity contribution is 5.91. The molecule has 1 heterocycles. The number of nitrogens with one attached hydrogen (secondary N) is 1. The van der Waals surface area contributed by atoms with Gasteiger partial charge in [0.15, 0.2) is 5.78 Å². The number of carbonyl (C=O) groups excluding carboxylic acids is 2. The Morgan fingerprint density at radius 2 is 1.69 bits per heavy atom. The van der Waals surface area contributed by atoms with Gasteiger partial charge in [0.05, 0.1) is 36.6 Å². The van der Waals surface area contributed by atoms with E-state index in [1.54, 1.807) is 25.7 Å². The molecule has 49 heavy (non-hydrogen) atoms. The van der Waals surface area contributed by atoms with E-state index in [0.29, 0.717) is 42.5 Å². The van der Waals surface area contributed by atoms with Gasteiger partial charge < -0.3 is 19.6 Å². The average molecular weight is 678 g/mol.